The first-order valence-electron chi connectivity index (χ1n) is 5.13. The fourth-order valence-corrected chi connectivity index (χ4v) is 1.62. The van der Waals surface area contributed by atoms with Crippen LogP contribution in [0.2, 0.25) is 0 Å². The predicted octanol–water partition coefficient (Wildman–Crippen LogP) is 3.28. The van der Waals surface area contributed by atoms with Gasteiger partial charge in [0.15, 0.2) is 0 Å². The zero-order chi connectivity index (χ0) is 11.4. The van der Waals surface area contributed by atoms with Crippen molar-refractivity contribution in [3.05, 3.63) is 65.8 Å². The van der Waals surface area contributed by atoms with Crippen LogP contribution in [0.5, 0.6) is 0 Å². The molecule has 80 valence electrons. The number of hydrogen-bond donors (Lipinski definition) is 1. The van der Waals surface area contributed by atoms with Gasteiger partial charge in [0.25, 0.3) is 0 Å². The monoisotopic (exact) mass is 212 g/mol. The third kappa shape index (κ3) is 2.28. The van der Waals surface area contributed by atoms with Crippen LogP contribution in [0.1, 0.15) is 22.3 Å². The first-order valence-corrected chi connectivity index (χ1v) is 5.13. The van der Waals surface area contributed by atoms with Crippen molar-refractivity contribution in [1.82, 2.24) is 0 Å². The molecule has 0 spiro atoms. The Labute approximate surface area is 94.2 Å². The van der Waals surface area contributed by atoms with Crippen LogP contribution >= 0.6 is 0 Å². The van der Waals surface area contributed by atoms with Gasteiger partial charge in [-0.2, -0.15) is 0 Å². The number of benzene rings is 1. The molecular formula is C14H12O2. The molecule has 2 nitrogen and oxygen atoms in total. The lowest BCUT2D eigenvalue weighted by Crippen LogP contribution is -1.95. The fourth-order valence-electron chi connectivity index (χ4n) is 1.62. The molecule has 16 heavy (non-hydrogen) atoms. The Morgan fingerprint density at radius 3 is 2.50 bits per heavy atom. The van der Waals surface area contributed by atoms with Crippen LogP contribution < -0.4 is 0 Å². The Kier molecular flexibility index (Phi) is 3.01. The van der Waals surface area contributed by atoms with Gasteiger partial charge in [-0.15, -0.1) is 0 Å². The predicted molar refractivity (Wildman–Crippen MR) is 64.3 cm³/mol. The average Bonchev–Trinajstić information content (AvgIpc) is 2.57. The molecule has 0 heterocycles. The van der Waals surface area contributed by atoms with E-state index in [0.717, 1.165) is 12.0 Å². The summed E-state index contributed by atoms with van der Waals surface area (Å²) in [7, 11) is 0. The Morgan fingerprint density at radius 1 is 1.06 bits per heavy atom. The van der Waals surface area contributed by atoms with Crippen LogP contribution in [0.25, 0.3) is 5.57 Å². The molecule has 0 aliphatic heterocycles. The Morgan fingerprint density at radius 2 is 1.81 bits per heavy atom. The van der Waals surface area contributed by atoms with E-state index in [0.29, 0.717) is 5.56 Å². The fraction of sp³-hybridized carbons (Fsp3) is 0.0714. The second kappa shape index (κ2) is 4.62. The molecule has 1 N–H and O–H groups in total. The minimum Gasteiger partial charge on any atom is -0.478 e. The van der Waals surface area contributed by atoms with Crippen molar-refractivity contribution in [3.63, 3.8) is 0 Å². The standard InChI is InChI=1S/C14H12O2/c15-14(16)13-9-7-12(8-10-13)11-5-3-1-2-4-6-11/h1-5,7-10H,6H2,(H,15,16). The van der Waals surface area contributed by atoms with Gasteiger partial charge in [0.2, 0.25) is 0 Å². The van der Waals surface area contributed by atoms with E-state index in [1.54, 1.807) is 12.1 Å². The number of carbonyl (C=O) groups is 1. The maximum absolute atomic E-state index is 10.7. The molecular weight excluding hydrogens is 200 g/mol. The van der Waals surface area contributed by atoms with E-state index >= 15 is 0 Å². The molecule has 0 radical (unpaired) electrons. The van der Waals surface area contributed by atoms with Gasteiger partial charge >= 0.3 is 5.97 Å². The first kappa shape index (κ1) is 10.4. The molecule has 2 heteroatoms. The summed E-state index contributed by atoms with van der Waals surface area (Å²) in [5.41, 5.74) is 2.59. The van der Waals surface area contributed by atoms with Crippen molar-refractivity contribution in [2.75, 3.05) is 0 Å². The molecule has 1 aromatic rings. The zero-order valence-electron chi connectivity index (χ0n) is 8.76. The molecule has 0 amide bonds. The Bertz CT molecular complexity index is 476. The second-order valence-electron chi connectivity index (χ2n) is 3.59. The summed E-state index contributed by atoms with van der Waals surface area (Å²) in [5.74, 6) is -0.888. The van der Waals surface area contributed by atoms with Gasteiger partial charge in [0.1, 0.15) is 0 Å². The molecule has 0 aromatic heterocycles. The number of aromatic carboxylic acids is 1. The highest BCUT2D eigenvalue weighted by Gasteiger charge is 2.04. The summed E-state index contributed by atoms with van der Waals surface area (Å²) >= 11 is 0. The number of carboxylic acids is 1. The second-order valence-corrected chi connectivity index (χ2v) is 3.59. The van der Waals surface area contributed by atoms with Crippen molar-refractivity contribution < 1.29 is 9.90 Å². The summed E-state index contributed by atoms with van der Waals surface area (Å²) in [6.45, 7) is 0. The number of carboxylic acid groups (broad SMARTS) is 1. The van der Waals surface area contributed by atoms with E-state index in [1.165, 1.54) is 5.57 Å². The molecule has 0 bridgehead atoms. The maximum Gasteiger partial charge on any atom is 0.335 e. The number of allylic oxidation sites excluding steroid dienone is 6. The van der Waals surface area contributed by atoms with Crippen molar-refractivity contribution in [3.8, 4) is 0 Å². The highest BCUT2D eigenvalue weighted by Crippen LogP contribution is 2.21. The van der Waals surface area contributed by atoms with Gasteiger partial charge in [0, 0.05) is 0 Å². The molecule has 0 unspecified atom stereocenters. The summed E-state index contributed by atoms with van der Waals surface area (Å²) in [6, 6.07) is 6.97. The third-order valence-corrected chi connectivity index (χ3v) is 2.50. The van der Waals surface area contributed by atoms with E-state index in [9.17, 15) is 4.79 Å². The molecule has 2 rings (SSSR count). The van der Waals surface area contributed by atoms with Gasteiger partial charge in [-0.1, -0.05) is 42.5 Å². The summed E-state index contributed by atoms with van der Waals surface area (Å²) < 4.78 is 0. The molecule has 0 fully saturated rings. The highest BCUT2D eigenvalue weighted by atomic mass is 16.4. The molecule has 0 saturated heterocycles. The molecule has 0 atom stereocenters. The minimum atomic E-state index is -0.888. The summed E-state index contributed by atoms with van der Waals surface area (Å²) in [5, 5.41) is 8.79. The molecule has 1 aliphatic rings. The van der Waals surface area contributed by atoms with E-state index in [2.05, 4.69) is 12.2 Å². The van der Waals surface area contributed by atoms with Crippen LogP contribution in [-0.2, 0) is 0 Å². The van der Waals surface area contributed by atoms with Crippen LogP contribution in [0.15, 0.2) is 54.6 Å². The minimum absolute atomic E-state index is 0.323. The van der Waals surface area contributed by atoms with Crippen molar-refractivity contribution in [1.29, 1.82) is 0 Å². The lowest BCUT2D eigenvalue weighted by molar-refractivity contribution is 0.0697. The topological polar surface area (TPSA) is 37.3 Å². The van der Waals surface area contributed by atoms with E-state index in [4.69, 9.17) is 5.11 Å². The zero-order valence-corrected chi connectivity index (χ0v) is 8.76. The van der Waals surface area contributed by atoms with Crippen molar-refractivity contribution >= 4 is 11.5 Å². The third-order valence-electron chi connectivity index (χ3n) is 2.50. The molecule has 1 aliphatic carbocycles. The van der Waals surface area contributed by atoms with Crippen LogP contribution in [0.3, 0.4) is 0 Å². The maximum atomic E-state index is 10.7. The summed E-state index contributed by atoms with van der Waals surface area (Å²) in [4.78, 5) is 10.7. The SMILES string of the molecule is O=C(O)c1ccc(C2=CC=CC=CC2)cc1. The van der Waals surface area contributed by atoms with Crippen LogP contribution in [0.4, 0.5) is 0 Å². The Hall–Kier alpha value is -2.09. The van der Waals surface area contributed by atoms with Gasteiger partial charge in [-0.05, 0) is 29.7 Å². The van der Waals surface area contributed by atoms with Gasteiger partial charge in [0.05, 0.1) is 5.56 Å². The molecule has 0 saturated carbocycles. The summed E-state index contributed by atoms with van der Waals surface area (Å²) in [6.07, 6.45) is 11.0. The van der Waals surface area contributed by atoms with Gasteiger partial charge < -0.3 is 5.11 Å². The highest BCUT2D eigenvalue weighted by molar-refractivity contribution is 5.88. The Balaban J connectivity index is 2.28. The lowest BCUT2D eigenvalue weighted by Gasteiger charge is -2.04. The van der Waals surface area contributed by atoms with Crippen LogP contribution in [-0.4, -0.2) is 11.1 Å². The van der Waals surface area contributed by atoms with E-state index in [1.807, 2.05) is 30.4 Å². The number of rotatable bonds is 2. The largest absolute Gasteiger partial charge is 0.478 e. The number of hydrogen-bond acceptors (Lipinski definition) is 1. The lowest BCUT2D eigenvalue weighted by atomic mass is 10.0. The molecule has 1 aromatic carbocycles. The van der Waals surface area contributed by atoms with Crippen molar-refractivity contribution in [2.24, 2.45) is 0 Å². The van der Waals surface area contributed by atoms with Gasteiger partial charge in [-0.3, -0.25) is 0 Å². The first-order chi connectivity index (χ1) is 7.77. The quantitative estimate of drug-likeness (QED) is 0.816. The normalized spacial score (nSPS) is 14.4. The van der Waals surface area contributed by atoms with E-state index in [-0.39, 0.29) is 0 Å². The van der Waals surface area contributed by atoms with Crippen LogP contribution in [0, 0.1) is 0 Å². The smallest absolute Gasteiger partial charge is 0.335 e. The average molecular weight is 212 g/mol. The van der Waals surface area contributed by atoms with E-state index < -0.39 is 5.97 Å². The van der Waals surface area contributed by atoms with Crippen molar-refractivity contribution in [2.45, 2.75) is 6.42 Å². The van der Waals surface area contributed by atoms with Gasteiger partial charge in [-0.25, -0.2) is 4.79 Å².